The average Bonchev–Trinajstić information content (AvgIpc) is 3.58. The molecule has 4 heterocycles. The molecule has 0 saturated carbocycles. The van der Waals surface area contributed by atoms with E-state index in [9.17, 15) is 14.7 Å². The lowest BCUT2D eigenvalue weighted by Gasteiger charge is -2.37. The van der Waals surface area contributed by atoms with Crippen molar-refractivity contribution in [3.8, 4) is 11.5 Å². The zero-order valence-corrected chi connectivity index (χ0v) is 35.0. The van der Waals surface area contributed by atoms with Crippen LogP contribution in [0.3, 0.4) is 0 Å². The first kappa shape index (κ1) is 38.4. The van der Waals surface area contributed by atoms with Gasteiger partial charge in [-0.3, -0.25) is 19.3 Å². The molecule has 3 amide bonds. The molecule has 1 N–H and O–H groups in total. The third kappa shape index (κ3) is 6.28. The number of amides is 3. The van der Waals surface area contributed by atoms with E-state index in [1.54, 1.807) is 46.0 Å². The van der Waals surface area contributed by atoms with Crippen molar-refractivity contribution in [2.24, 2.45) is 5.92 Å². The average molecular weight is 861 g/mol. The van der Waals surface area contributed by atoms with Gasteiger partial charge in [-0.1, -0.05) is 83.5 Å². The van der Waals surface area contributed by atoms with Gasteiger partial charge in [-0.05, 0) is 90.8 Å². The van der Waals surface area contributed by atoms with Crippen LogP contribution in [0, 0.1) is 5.92 Å². The topological polar surface area (TPSA) is 99.6 Å². The molecular weight excluding hydrogens is 818 g/mol. The molecule has 0 aliphatic carbocycles. The van der Waals surface area contributed by atoms with Crippen LogP contribution in [-0.4, -0.2) is 54.9 Å². The van der Waals surface area contributed by atoms with E-state index in [-0.39, 0.29) is 37.3 Å². The maximum Gasteiger partial charge on any atom is 0.266 e. The Labute approximate surface area is 346 Å². The molecule has 5 aromatic carbocycles. The fraction of sp³-hybridized carbons (Fsp3) is 0.283. The van der Waals surface area contributed by atoms with Crippen molar-refractivity contribution < 1.29 is 33.1 Å². The van der Waals surface area contributed by atoms with Crippen LogP contribution in [0.1, 0.15) is 46.0 Å². The summed E-state index contributed by atoms with van der Waals surface area (Å²) >= 11 is 3.62. The van der Waals surface area contributed by atoms with Crippen LogP contribution in [0.4, 0.5) is 21.2 Å². The van der Waals surface area contributed by atoms with Crippen LogP contribution in [0.25, 0.3) is 0 Å². The van der Waals surface area contributed by atoms with Gasteiger partial charge in [0.1, 0.15) is 5.75 Å². The van der Waals surface area contributed by atoms with Gasteiger partial charge in [-0.25, -0.2) is 0 Å². The molecule has 0 radical (unpaired) electrons. The minimum absolute atomic E-state index is 0.118. The molecule has 1 saturated heterocycles. The summed E-state index contributed by atoms with van der Waals surface area (Å²) in [5.74, 6) is -0.412. The zero-order valence-electron chi connectivity index (χ0n) is 32.4. The lowest BCUT2D eigenvalue weighted by atomic mass is 9.82. The van der Waals surface area contributed by atoms with Gasteiger partial charge in [0.25, 0.3) is 11.8 Å². The highest BCUT2D eigenvalue weighted by atomic mass is 79.9. The van der Waals surface area contributed by atoms with Crippen LogP contribution in [0.5, 0.6) is 11.5 Å². The van der Waals surface area contributed by atoms with E-state index >= 15 is 8.90 Å². The Bertz CT molecular complexity index is 2480. The maximum absolute atomic E-state index is 16.7. The first-order chi connectivity index (χ1) is 27.9. The van der Waals surface area contributed by atoms with Gasteiger partial charge in [-0.2, -0.15) is 0 Å². The van der Waals surface area contributed by atoms with Crippen LogP contribution >= 0.6 is 15.9 Å². The second-order valence-corrected chi connectivity index (χ2v) is 20.9. The number of benzene rings is 5. The minimum Gasteiger partial charge on any atom is -0.454 e. The Hall–Kier alpha value is -5.14. The molecular formula is C46H43BrFN3O6Si. The molecule has 4 aliphatic rings. The van der Waals surface area contributed by atoms with Gasteiger partial charge in [-0.15, -0.1) is 0 Å². The van der Waals surface area contributed by atoms with Crippen molar-refractivity contribution in [3.05, 3.63) is 148 Å². The van der Waals surface area contributed by atoms with Crippen molar-refractivity contribution in [1.82, 2.24) is 4.90 Å². The number of halogens is 2. The number of fused-ring (bicyclic) bond motifs is 5. The summed E-state index contributed by atoms with van der Waals surface area (Å²) in [7, 11) is -3.57. The summed E-state index contributed by atoms with van der Waals surface area (Å²) in [5.41, 5.74) is 3.52. The molecule has 1 fully saturated rings. The minimum atomic E-state index is -3.57. The second-order valence-electron chi connectivity index (χ2n) is 16.2. The fourth-order valence-electron chi connectivity index (χ4n) is 9.75. The van der Waals surface area contributed by atoms with E-state index < -0.39 is 37.6 Å². The number of carbonyl (C=O) groups excluding carboxylic acids is 3. The van der Waals surface area contributed by atoms with E-state index in [1.807, 2.05) is 104 Å². The second kappa shape index (κ2) is 14.6. The lowest BCUT2D eigenvalue weighted by Crippen LogP contribution is -2.48. The van der Waals surface area contributed by atoms with Gasteiger partial charge in [0.2, 0.25) is 14.3 Å². The third-order valence-electron chi connectivity index (χ3n) is 12.3. The highest BCUT2D eigenvalue weighted by Crippen LogP contribution is 2.61. The van der Waals surface area contributed by atoms with Crippen molar-refractivity contribution in [2.45, 2.75) is 69.2 Å². The largest absolute Gasteiger partial charge is 0.454 e. The molecule has 5 atom stereocenters. The maximum atomic E-state index is 16.7. The molecule has 0 bridgehead atoms. The Morgan fingerprint density at radius 2 is 1.62 bits per heavy atom. The monoisotopic (exact) mass is 859 g/mol. The quantitative estimate of drug-likeness (QED) is 0.130. The Balaban J connectivity index is 1.05. The smallest absolute Gasteiger partial charge is 0.266 e. The number of hydrogen-bond donors (Lipinski definition) is 1. The summed E-state index contributed by atoms with van der Waals surface area (Å²) < 4.78 is 30.6. The number of ether oxygens (including phenoxy) is 2. The molecule has 9 nitrogen and oxygen atoms in total. The Morgan fingerprint density at radius 3 is 2.40 bits per heavy atom. The molecule has 1 spiro atoms. The SMILES string of the molecule is C[C@@H]1[C@@H]([Si](C)(C)F)[C@H](CC(=O)N2Cc3ccccc3C[C@H]2CO)O[C@@]12C(=O)N(Cc1cccc(N3C(=O)c4ccccc4Oc4ccccc43)c1)c1ccc(Br)cc12. The van der Waals surface area contributed by atoms with Crippen molar-refractivity contribution >= 4 is 59.1 Å². The predicted octanol–water partition coefficient (Wildman–Crippen LogP) is 9.19. The van der Waals surface area contributed by atoms with Crippen LogP contribution in [0.2, 0.25) is 18.6 Å². The number of aliphatic hydroxyl groups excluding tert-OH is 1. The fourth-order valence-corrected chi connectivity index (χ4v) is 12.6. The molecule has 9 rings (SSSR count). The molecule has 5 aromatic rings. The van der Waals surface area contributed by atoms with Gasteiger partial charge in [0.15, 0.2) is 11.4 Å². The number of carbonyl (C=O) groups is 3. The molecule has 296 valence electrons. The normalized spacial score (nSPS) is 23.6. The molecule has 12 heteroatoms. The zero-order chi connectivity index (χ0) is 40.5. The summed E-state index contributed by atoms with van der Waals surface area (Å²) in [6, 6.07) is 35.2. The number of aliphatic hydroxyl groups is 1. The Morgan fingerprint density at radius 1 is 0.897 bits per heavy atom. The van der Waals surface area contributed by atoms with E-state index in [0.717, 1.165) is 21.2 Å². The third-order valence-corrected chi connectivity index (χ3v) is 15.3. The summed E-state index contributed by atoms with van der Waals surface area (Å²) in [6.07, 6.45) is -0.469. The van der Waals surface area contributed by atoms with E-state index in [4.69, 9.17) is 9.47 Å². The van der Waals surface area contributed by atoms with Gasteiger partial charge in [0.05, 0.1) is 48.7 Å². The van der Waals surface area contributed by atoms with Gasteiger partial charge >= 0.3 is 0 Å². The Kier molecular flexibility index (Phi) is 9.66. The van der Waals surface area contributed by atoms with E-state index in [0.29, 0.717) is 52.7 Å². The molecule has 58 heavy (non-hydrogen) atoms. The van der Waals surface area contributed by atoms with Crippen molar-refractivity contribution in [3.63, 3.8) is 0 Å². The summed E-state index contributed by atoms with van der Waals surface area (Å²) in [6.45, 7) is 5.41. The van der Waals surface area contributed by atoms with Crippen LogP contribution in [0.15, 0.2) is 120 Å². The van der Waals surface area contributed by atoms with Crippen LogP contribution in [-0.2, 0) is 39.4 Å². The highest BCUT2D eigenvalue weighted by Gasteiger charge is 2.67. The predicted molar refractivity (Wildman–Crippen MR) is 225 cm³/mol. The van der Waals surface area contributed by atoms with E-state index in [1.165, 1.54) is 0 Å². The van der Waals surface area contributed by atoms with Crippen molar-refractivity contribution in [2.75, 3.05) is 16.4 Å². The standard InChI is InChI=1S/C46H43BrFN3O6Si/c1-28-43(58(2,3)48)41(24-42(53)49-26-31-13-5-4-12-30(31)22-34(49)27-52)57-46(28)36-23-32(47)19-20-37(36)50(45(46)55)25-29-11-10-14-33(21-29)51-38-16-7-9-18-40(38)56-39-17-8-6-15-35(39)44(51)54/h4-21,23,28,34,41,43,52H,22,24-27H2,1-3H3/t28-,34+,41+,43-,46+/m1/s1. The number of anilines is 3. The first-order valence-electron chi connectivity index (χ1n) is 19.6. The molecule has 0 unspecified atom stereocenters. The highest BCUT2D eigenvalue weighted by molar-refractivity contribution is 9.10. The number of para-hydroxylation sites is 3. The first-order valence-corrected chi connectivity index (χ1v) is 23.4. The number of rotatable bonds is 7. The number of nitrogens with zero attached hydrogens (tertiary/aromatic N) is 3. The van der Waals surface area contributed by atoms with Crippen LogP contribution < -0.4 is 14.5 Å². The molecule has 0 aromatic heterocycles. The summed E-state index contributed by atoms with van der Waals surface area (Å²) in [5, 5.41) is 10.3. The summed E-state index contributed by atoms with van der Waals surface area (Å²) in [4.78, 5) is 48.7. The molecule has 4 aliphatic heterocycles. The van der Waals surface area contributed by atoms with Gasteiger partial charge in [0, 0.05) is 33.7 Å². The van der Waals surface area contributed by atoms with Gasteiger partial charge < -0.3 is 28.5 Å². The number of hydrogen-bond acceptors (Lipinski definition) is 6. The van der Waals surface area contributed by atoms with E-state index in [2.05, 4.69) is 15.9 Å². The van der Waals surface area contributed by atoms with Crippen molar-refractivity contribution in [1.29, 1.82) is 0 Å². The lowest BCUT2D eigenvalue weighted by molar-refractivity contribution is -0.151.